The largest absolute Gasteiger partial charge is 0.478 e. The van der Waals surface area contributed by atoms with Gasteiger partial charge >= 0.3 is 5.97 Å². The van der Waals surface area contributed by atoms with E-state index in [0.717, 1.165) is 37.0 Å². The van der Waals surface area contributed by atoms with Crippen molar-refractivity contribution in [2.24, 2.45) is 23.7 Å². The monoisotopic (exact) mass is 457 g/mol. The zero-order chi connectivity index (χ0) is 23.3. The molecular weight excluding hydrogens is 410 g/mol. The van der Waals surface area contributed by atoms with E-state index in [1.165, 1.54) is 83.5 Å². The number of rotatable bonds is 13. The lowest BCUT2D eigenvalue weighted by Gasteiger charge is -2.31. The number of pyridine rings is 1. The molecule has 1 aromatic heterocycles. The number of nitrogens with zero attached hydrogens (tertiary/aromatic N) is 1. The molecule has 4 nitrogen and oxygen atoms in total. The Balaban J connectivity index is 1.29. The predicted molar refractivity (Wildman–Crippen MR) is 135 cm³/mol. The lowest BCUT2D eigenvalue weighted by molar-refractivity contribution is -0.140. The highest BCUT2D eigenvalue weighted by molar-refractivity contribution is 5.75. The van der Waals surface area contributed by atoms with Gasteiger partial charge in [-0.15, -0.1) is 0 Å². The molecule has 0 bridgehead atoms. The van der Waals surface area contributed by atoms with Gasteiger partial charge in [0.25, 0.3) is 0 Å². The van der Waals surface area contributed by atoms with Crippen molar-refractivity contribution in [1.29, 1.82) is 0 Å². The Labute approximate surface area is 202 Å². The third-order valence-corrected chi connectivity index (χ3v) is 8.00. The van der Waals surface area contributed by atoms with E-state index in [1.807, 2.05) is 0 Å². The van der Waals surface area contributed by atoms with E-state index >= 15 is 0 Å². The summed E-state index contributed by atoms with van der Waals surface area (Å²) < 4.78 is 11.3. The van der Waals surface area contributed by atoms with Crippen LogP contribution >= 0.6 is 0 Å². The van der Waals surface area contributed by atoms with Crippen LogP contribution in [-0.2, 0) is 4.79 Å². The van der Waals surface area contributed by atoms with Crippen molar-refractivity contribution in [2.45, 2.75) is 117 Å². The van der Waals surface area contributed by atoms with Crippen LogP contribution in [0, 0.1) is 23.7 Å². The number of carbonyl (C=O) groups is 1. The van der Waals surface area contributed by atoms with E-state index in [0.29, 0.717) is 18.2 Å². The summed E-state index contributed by atoms with van der Waals surface area (Å²) in [6.07, 6.45) is 21.9. The zero-order valence-electron chi connectivity index (χ0n) is 21.2. The number of hydrogen-bond donors (Lipinski definition) is 0. The topological polar surface area (TPSA) is 48.4 Å². The summed E-state index contributed by atoms with van der Waals surface area (Å²) in [5.41, 5.74) is 0. The van der Waals surface area contributed by atoms with Gasteiger partial charge in [-0.05, 0) is 55.9 Å². The Kier molecular flexibility index (Phi) is 11.5. The summed E-state index contributed by atoms with van der Waals surface area (Å²) in [5, 5.41) is 0. The fraction of sp³-hybridized carbons (Fsp3) is 0.793. The first kappa shape index (κ1) is 26.0. The molecule has 4 heteroatoms. The van der Waals surface area contributed by atoms with Crippen LogP contribution < -0.4 is 9.47 Å². The molecule has 1 heterocycles. The van der Waals surface area contributed by atoms with Crippen molar-refractivity contribution in [2.75, 3.05) is 6.61 Å². The molecule has 0 aromatic carbocycles. The lowest BCUT2D eigenvalue weighted by atomic mass is 9.75. The summed E-state index contributed by atoms with van der Waals surface area (Å²) >= 11 is 0. The molecule has 2 aliphatic rings. The van der Waals surface area contributed by atoms with Gasteiger partial charge < -0.3 is 9.47 Å². The second-order valence-corrected chi connectivity index (χ2v) is 10.6. The molecule has 0 amide bonds. The highest BCUT2D eigenvalue weighted by atomic mass is 16.5. The average Bonchev–Trinajstić information content (AvgIpc) is 2.85. The van der Waals surface area contributed by atoms with Gasteiger partial charge in [-0.3, -0.25) is 4.79 Å². The minimum absolute atomic E-state index is 0.0419. The molecule has 0 saturated heterocycles. The van der Waals surface area contributed by atoms with E-state index in [4.69, 9.17) is 9.47 Å². The van der Waals surface area contributed by atoms with Crippen LogP contribution in [0.3, 0.4) is 0 Å². The van der Waals surface area contributed by atoms with Crippen molar-refractivity contribution in [3.8, 4) is 11.6 Å². The Bertz CT molecular complexity index is 658. The van der Waals surface area contributed by atoms with E-state index in [2.05, 4.69) is 18.8 Å². The van der Waals surface area contributed by atoms with Crippen LogP contribution in [0.15, 0.2) is 18.3 Å². The van der Waals surface area contributed by atoms with Gasteiger partial charge in [-0.25, -0.2) is 4.98 Å². The molecule has 2 aliphatic carbocycles. The van der Waals surface area contributed by atoms with Gasteiger partial charge in [0, 0.05) is 6.07 Å². The van der Waals surface area contributed by atoms with Gasteiger partial charge in [0.05, 0.1) is 18.7 Å². The zero-order valence-corrected chi connectivity index (χ0v) is 21.2. The number of ether oxygens (including phenoxy) is 2. The number of unbranched alkanes of at least 4 members (excludes halogenated alkanes) is 3. The first-order chi connectivity index (χ1) is 16.2. The van der Waals surface area contributed by atoms with E-state index in [-0.39, 0.29) is 11.9 Å². The second kappa shape index (κ2) is 14.6. The molecule has 33 heavy (non-hydrogen) atoms. The maximum absolute atomic E-state index is 12.6. The first-order valence-electron chi connectivity index (χ1n) is 14.0. The highest BCUT2D eigenvalue weighted by Gasteiger charge is 2.29. The van der Waals surface area contributed by atoms with Gasteiger partial charge in [0.15, 0.2) is 0 Å². The van der Waals surface area contributed by atoms with Crippen molar-refractivity contribution in [3.63, 3.8) is 0 Å². The molecule has 0 radical (unpaired) electrons. The van der Waals surface area contributed by atoms with Crippen molar-refractivity contribution >= 4 is 5.97 Å². The number of carbonyl (C=O) groups excluding carboxylic acids is 1. The van der Waals surface area contributed by atoms with Crippen LogP contribution in [0.2, 0.25) is 0 Å². The first-order valence-corrected chi connectivity index (χ1v) is 14.0. The van der Waals surface area contributed by atoms with E-state index in [1.54, 1.807) is 18.3 Å². The molecule has 0 atom stereocenters. The summed E-state index contributed by atoms with van der Waals surface area (Å²) in [6, 6.07) is 3.60. The van der Waals surface area contributed by atoms with Crippen LogP contribution in [0.5, 0.6) is 11.6 Å². The Hall–Kier alpha value is -1.58. The SMILES string of the molecule is CCCCCCOc1ccc(OC(=O)C2CCC(CCC3CCC(CCC)CC3)CC2)cn1. The Morgan fingerprint density at radius 2 is 1.45 bits per heavy atom. The number of aromatic nitrogens is 1. The quantitative estimate of drug-likeness (QED) is 0.221. The van der Waals surface area contributed by atoms with Gasteiger partial charge in [0.1, 0.15) is 5.75 Å². The third kappa shape index (κ3) is 9.29. The van der Waals surface area contributed by atoms with Crippen molar-refractivity contribution in [3.05, 3.63) is 18.3 Å². The van der Waals surface area contributed by atoms with Gasteiger partial charge in [0.2, 0.25) is 5.88 Å². The van der Waals surface area contributed by atoms with Crippen LogP contribution in [0.4, 0.5) is 0 Å². The molecule has 0 N–H and O–H groups in total. The molecule has 2 fully saturated rings. The molecular formula is C29H47NO3. The summed E-state index contributed by atoms with van der Waals surface area (Å²) in [4.78, 5) is 16.9. The number of esters is 1. The molecule has 2 saturated carbocycles. The predicted octanol–water partition coefficient (Wildman–Crippen LogP) is 8.14. The normalized spacial score (nSPS) is 25.5. The van der Waals surface area contributed by atoms with Crippen LogP contribution in [0.1, 0.15) is 117 Å². The fourth-order valence-electron chi connectivity index (χ4n) is 5.79. The van der Waals surface area contributed by atoms with Crippen LogP contribution in [0.25, 0.3) is 0 Å². The average molecular weight is 458 g/mol. The van der Waals surface area contributed by atoms with E-state index in [9.17, 15) is 4.79 Å². The summed E-state index contributed by atoms with van der Waals surface area (Å²) in [7, 11) is 0. The highest BCUT2D eigenvalue weighted by Crippen LogP contribution is 2.38. The minimum atomic E-state index is -0.0854. The maximum atomic E-state index is 12.6. The molecule has 3 rings (SSSR count). The standard InChI is InChI=1S/C29H47NO3/c1-3-5-6-7-21-32-28-20-19-27(22-30-28)33-29(31)26-17-15-25(16-18-26)14-13-24-11-9-23(8-4-2)10-12-24/h19-20,22-26H,3-18,21H2,1-2H3. The second-order valence-electron chi connectivity index (χ2n) is 10.6. The third-order valence-electron chi connectivity index (χ3n) is 8.00. The molecule has 0 aliphatic heterocycles. The number of hydrogen-bond acceptors (Lipinski definition) is 4. The fourth-order valence-corrected chi connectivity index (χ4v) is 5.79. The summed E-state index contributed by atoms with van der Waals surface area (Å²) in [5.74, 6) is 3.85. The smallest absolute Gasteiger partial charge is 0.314 e. The Morgan fingerprint density at radius 3 is 2.03 bits per heavy atom. The molecule has 1 aromatic rings. The van der Waals surface area contributed by atoms with Crippen molar-refractivity contribution in [1.82, 2.24) is 4.98 Å². The summed E-state index contributed by atoms with van der Waals surface area (Å²) in [6.45, 7) is 5.21. The molecule has 0 unspecified atom stereocenters. The van der Waals surface area contributed by atoms with Crippen LogP contribution in [-0.4, -0.2) is 17.6 Å². The van der Waals surface area contributed by atoms with Gasteiger partial charge in [-0.1, -0.05) is 84.5 Å². The van der Waals surface area contributed by atoms with Gasteiger partial charge in [-0.2, -0.15) is 0 Å². The molecule has 0 spiro atoms. The van der Waals surface area contributed by atoms with E-state index < -0.39 is 0 Å². The Morgan fingerprint density at radius 1 is 0.818 bits per heavy atom. The molecule has 186 valence electrons. The van der Waals surface area contributed by atoms with Crippen molar-refractivity contribution < 1.29 is 14.3 Å². The lowest BCUT2D eigenvalue weighted by Crippen LogP contribution is -2.26. The minimum Gasteiger partial charge on any atom is -0.478 e. The maximum Gasteiger partial charge on any atom is 0.314 e.